The molecule has 1 atom stereocenters. The molecular weight excluding hydrogens is 236 g/mol. The van der Waals surface area contributed by atoms with Crippen molar-refractivity contribution in [3.63, 3.8) is 0 Å². The molecule has 1 aromatic rings. The van der Waals surface area contributed by atoms with Crippen molar-refractivity contribution < 1.29 is 4.79 Å². The van der Waals surface area contributed by atoms with E-state index in [9.17, 15) is 4.79 Å². The first-order valence-electron chi connectivity index (χ1n) is 7.37. The fourth-order valence-electron chi connectivity index (χ4n) is 3.06. The van der Waals surface area contributed by atoms with Crippen LogP contribution >= 0.6 is 0 Å². The number of benzene rings is 1. The van der Waals surface area contributed by atoms with Crippen molar-refractivity contribution in [1.82, 2.24) is 4.90 Å². The number of likely N-dealkylation sites (tertiary alicyclic amines) is 1. The number of nitrogen functional groups attached to an aromatic ring is 1. The molecular formula is C16H22N2O. The molecule has 3 nitrogen and oxygen atoms in total. The zero-order valence-electron chi connectivity index (χ0n) is 11.6. The van der Waals surface area contributed by atoms with E-state index in [2.05, 4.69) is 6.92 Å². The van der Waals surface area contributed by atoms with Gasteiger partial charge in [-0.2, -0.15) is 0 Å². The average molecular weight is 258 g/mol. The number of hydrogen-bond donors (Lipinski definition) is 1. The lowest BCUT2D eigenvalue weighted by molar-refractivity contribution is 0.0634. The number of amides is 1. The van der Waals surface area contributed by atoms with Gasteiger partial charge in [0, 0.05) is 23.8 Å². The standard InChI is InChI=1S/C16H22N2O/c1-11-4-2-3-9-18(11)16(19)14-8-7-13(17)10-15(14)12-5-6-12/h7-8,10-12H,2-6,9,17H2,1H3. The molecule has 3 heteroatoms. The van der Waals surface area contributed by atoms with Crippen molar-refractivity contribution >= 4 is 11.6 Å². The Labute approximate surface area is 114 Å². The van der Waals surface area contributed by atoms with E-state index in [4.69, 9.17) is 5.73 Å². The number of rotatable bonds is 2. The molecule has 19 heavy (non-hydrogen) atoms. The molecule has 0 bridgehead atoms. The van der Waals surface area contributed by atoms with Crippen molar-refractivity contribution in [2.75, 3.05) is 12.3 Å². The summed E-state index contributed by atoms with van der Waals surface area (Å²) < 4.78 is 0. The van der Waals surface area contributed by atoms with Crippen LogP contribution in [-0.4, -0.2) is 23.4 Å². The fourth-order valence-corrected chi connectivity index (χ4v) is 3.06. The Bertz CT molecular complexity index is 494. The minimum Gasteiger partial charge on any atom is -0.399 e. The van der Waals surface area contributed by atoms with Crippen molar-refractivity contribution in [3.05, 3.63) is 29.3 Å². The smallest absolute Gasteiger partial charge is 0.254 e. The number of hydrogen-bond acceptors (Lipinski definition) is 2. The summed E-state index contributed by atoms with van der Waals surface area (Å²) in [6, 6.07) is 6.14. The lowest BCUT2D eigenvalue weighted by Gasteiger charge is -2.34. The summed E-state index contributed by atoms with van der Waals surface area (Å²) in [6.07, 6.45) is 5.88. The molecule has 0 aromatic heterocycles. The molecule has 3 rings (SSSR count). The first-order chi connectivity index (χ1) is 9.16. The Morgan fingerprint density at radius 1 is 1.26 bits per heavy atom. The van der Waals surface area contributed by atoms with Crippen molar-refractivity contribution in [1.29, 1.82) is 0 Å². The Morgan fingerprint density at radius 2 is 2.05 bits per heavy atom. The third-order valence-corrected chi connectivity index (χ3v) is 4.39. The molecule has 0 radical (unpaired) electrons. The van der Waals surface area contributed by atoms with Crippen LogP contribution in [0.15, 0.2) is 18.2 Å². The topological polar surface area (TPSA) is 46.3 Å². The van der Waals surface area contributed by atoms with E-state index >= 15 is 0 Å². The molecule has 1 aliphatic heterocycles. The Morgan fingerprint density at radius 3 is 2.74 bits per heavy atom. The summed E-state index contributed by atoms with van der Waals surface area (Å²) in [7, 11) is 0. The second-order valence-corrected chi connectivity index (χ2v) is 5.96. The minimum atomic E-state index is 0.203. The van der Waals surface area contributed by atoms with Crippen LogP contribution in [0.4, 0.5) is 5.69 Å². The normalized spacial score (nSPS) is 23.4. The van der Waals surface area contributed by atoms with E-state index in [1.807, 2.05) is 23.1 Å². The molecule has 2 N–H and O–H groups in total. The predicted molar refractivity (Wildman–Crippen MR) is 77.2 cm³/mol. The van der Waals surface area contributed by atoms with Gasteiger partial charge in [0.1, 0.15) is 0 Å². The van der Waals surface area contributed by atoms with E-state index in [-0.39, 0.29) is 5.91 Å². The Kier molecular flexibility index (Phi) is 3.21. The Balaban J connectivity index is 1.90. The second kappa shape index (κ2) is 4.87. The SMILES string of the molecule is CC1CCCCN1C(=O)c1ccc(N)cc1C1CC1. The van der Waals surface area contributed by atoms with Gasteiger partial charge in [-0.25, -0.2) is 0 Å². The van der Waals surface area contributed by atoms with Crippen LogP contribution in [0.3, 0.4) is 0 Å². The van der Waals surface area contributed by atoms with Crippen molar-refractivity contribution in [2.45, 2.75) is 51.0 Å². The molecule has 102 valence electrons. The largest absolute Gasteiger partial charge is 0.399 e. The van der Waals surface area contributed by atoms with Gasteiger partial charge in [-0.05, 0) is 68.7 Å². The number of piperidine rings is 1. The number of nitrogens with two attached hydrogens (primary N) is 1. The van der Waals surface area contributed by atoms with Crippen LogP contribution < -0.4 is 5.73 Å². The highest BCUT2D eigenvalue weighted by molar-refractivity contribution is 5.96. The van der Waals surface area contributed by atoms with Gasteiger partial charge in [0.2, 0.25) is 0 Å². The van der Waals surface area contributed by atoms with Crippen molar-refractivity contribution in [2.24, 2.45) is 0 Å². The zero-order valence-corrected chi connectivity index (χ0v) is 11.6. The minimum absolute atomic E-state index is 0.203. The van der Waals surface area contributed by atoms with Crippen LogP contribution in [0.25, 0.3) is 0 Å². The monoisotopic (exact) mass is 258 g/mol. The molecule has 2 fully saturated rings. The summed E-state index contributed by atoms with van der Waals surface area (Å²) in [4.78, 5) is 14.8. The van der Waals surface area contributed by atoms with E-state index in [0.717, 1.165) is 30.6 Å². The Hall–Kier alpha value is -1.51. The number of carbonyl (C=O) groups excluding carboxylic acids is 1. The average Bonchev–Trinajstić information content (AvgIpc) is 3.23. The number of carbonyl (C=O) groups is 1. The maximum atomic E-state index is 12.8. The second-order valence-electron chi connectivity index (χ2n) is 5.96. The predicted octanol–water partition coefficient (Wildman–Crippen LogP) is 3.16. The molecule has 1 saturated carbocycles. The van der Waals surface area contributed by atoms with Gasteiger partial charge in [0.25, 0.3) is 5.91 Å². The van der Waals surface area contributed by atoms with Crippen LogP contribution in [0, 0.1) is 0 Å². The molecule has 1 unspecified atom stereocenters. The molecule has 1 aliphatic carbocycles. The quantitative estimate of drug-likeness (QED) is 0.828. The summed E-state index contributed by atoms with van der Waals surface area (Å²) in [6.45, 7) is 3.06. The van der Waals surface area contributed by atoms with Crippen LogP contribution in [0.5, 0.6) is 0 Å². The molecule has 1 saturated heterocycles. The number of anilines is 1. The zero-order chi connectivity index (χ0) is 13.4. The lowest BCUT2D eigenvalue weighted by atomic mass is 9.98. The van der Waals surface area contributed by atoms with Gasteiger partial charge in [-0.15, -0.1) is 0 Å². The third kappa shape index (κ3) is 2.46. The molecule has 2 aliphatic rings. The van der Waals surface area contributed by atoms with Gasteiger partial charge in [-0.3, -0.25) is 4.79 Å². The van der Waals surface area contributed by atoms with Crippen molar-refractivity contribution in [3.8, 4) is 0 Å². The van der Waals surface area contributed by atoms with E-state index < -0.39 is 0 Å². The summed E-state index contributed by atoms with van der Waals surface area (Å²) >= 11 is 0. The summed E-state index contributed by atoms with van der Waals surface area (Å²) in [5, 5.41) is 0. The van der Waals surface area contributed by atoms with E-state index in [0.29, 0.717) is 12.0 Å². The van der Waals surface area contributed by atoms with E-state index in [1.165, 1.54) is 24.8 Å². The third-order valence-electron chi connectivity index (χ3n) is 4.39. The summed E-state index contributed by atoms with van der Waals surface area (Å²) in [5.74, 6) is 0.761. The highest BCUT2D eigenvalue weighted by Gasteiger charge is 2.31. The molecule has 1 amide bonds. The van der Waals surface area contributed by atoms with Gasteiger partial charge in [0.05, 0.1) is 0 Å². The highest BCUT2D eigenvalue weighted by Crippen LogP contribution is 2.42. The maximum Gasteiger partial charge on any atom is 0.254 e. The first-order valence-corrected chi connectivity index (χ1v) is 7.37. The van der Waals surface area contributed by atoms with Gasteiger partial charge < -0.3 is 10.6 Å². The van der Waals surface area contributed by atoms with Gasteiger partial charge >= 0.3 is 0 Å². The molecule has 1 aromatic carbocycles. The maximum absolute atomic E-state index is 12.8. The fraction of sp³-hybridized carbons (Fsp3) is 0.562. The first kappa shape index (κ1) is 12.5. The van der Waals surface area contributed by atoms with Gasteiger partial charge in [-0.1, -0.05) is 0 Å². The lowest BCUT2D eigenvalue weighted by Crippen LogP contribution is -2.42. The summed E-state index contributed by atoms with van der Waals surface area (Å²) in [5.41, 5.74) is 8.69. The molecule has 1 heterocycles. The number of nitrogens with zero attached hydrogens (tertiary/aromatic N) is 1. The van der Waals surface area contributed by atoms with Gasteiger partial charge in [0.15, 0.2) is 0 Å². The van der Waals surface area contributed by atoms with Crippen LogP contribution in [0.2, 0.25) is 0 Å². The van der Waals surface area contributed by atoms with Crippen LogP contribution in [-0.2, 0) is 0 Å². The van der Waals surface area contributed by atoms with E-state index in [1.54, 1.807) is 0 Å². The van der Waals surface area contributed by atoms with Crippen LogP contribution in [0.1, 0.15) is 60.9 Å². The molecule has 0 spiro atoms. The highest BCUT2D eigenvalue weighted by atomic mass is 16.2.